The molecule has 0 aliphatic carbocycles. The number of aliphatic carboxylic acids is 1. The molecule has 0 heterocycles. The van der Waals surface area contributed by atoms with Crippen LogP contribution < -0.4 is 16.4 Å². The predicted octanol–water partition coefficient (Wildman–Crippen LogP) is 1.42. The lowest BCUT2D eigenvalue weighted by atomic mass is 10.1. The van der Waals surface area contributed by atoms with Crippen molar-refractivity contribution in [2.45, 2.75) is 67.5 Å². The molecule has 9 heteroatoms. The van der Waals surface area contributed by atoms with Crippen molar-refractivity contribution in [2.75, 3.05) is 7.11 Å². The highest BCUT2D eigenvalue weighted by molar-refractivity contribution is 5.83. The lowest BCUT2D eigenvalue weighted by Gasteiger charge is -2.18. The molecular weight excluding hydrogens is 366 g/mol. The number of rotatable bonds is 6. The van der Waals surface area contributed by atoms with Crippen molar-refractivity contribution < 1.29 is 29.0 Å². The van der Waals surface area contributed by atoms with E-state index in [0.29, 0.717) is 0 Å². The Labute approximate surface area is 168 Å². The van der Waals surface area contributed by atoms with Crippen LogP contribution in [0.4, 0.5) is 0 Å². The second kappa shape index (κ2) is 16.7. The van der Waals surface area contributed by atoms with E-state index in [-0.39, 0.29) is 23.7 Å². The number of methoxy groups -OCH3 is 1. The minimum atomic E-state index is -0.931. The number of hydrogen-bond acceptors (Lipinski definition) is 6. The Bertz CT molecular complexity index is 526. The number of hydrogen-bond donors (Lipinski definition) is 4. The number of amides is 2. The van der Waals surface area contributed by atoms with Crippen LogP contribution in [0.3, 0.4) is 0 Å². The van der Waals surface area contributed by atoms with Gasteiger partial charge in [-0.25, -0.2) is 4.79 Å². The summed E-state index contributed by atoms with van der Waals surface area (Å²) >= 11 is 0. The maximum atomic E-state index is 11.1. The highest BCUT2D eigenvalue weighted by atomic mass is 16.5. The maximum absolute atomic E-state index is 11.1. The van der Waals surface area contributed by atoms with Crippen LogP contribution in [0.15, 0.2) is 11.8 Å². The smallest absolute Gasteiger partial charge is 0.328 e. The number of nitrogens with two attached hydrogens (primary N) is 1. The lowest BCUT2D eigenvalue weighted by molar-refractivity contribution is -0.146. The van der Waals surface area contributed by atoms with Gasteiger partial charge in [-0.3, -0.25) is 14.4 Å². The molecule has 0 aliphatic heterocycles. The first-order valence-electron chi connectivity index (χ1n) is 8.91. The monoisotopic (exact) mass is 403 g/mol. The molecule has 0 spiro atoms. The summed E-state index contributed by atoms with van der Waals surface area (Å²) in [5.41, 5.74) is 6.26. The Morgan fingerprint density at radius 3 is 1.54 bits per heavy atom. The van der Waals surface area contributed by atoms with E-state index in [0.717, 1.165) is 5.57 Å². The van der Waals surface area contributed by atoms with Gasteiger partial charge in [-0.05, 0) is 25.7 Å². The van der Waals surface area contributed by atoms with Crippen molar-refractivity contribution in [3.8, 4) is 0 Å². The molecule has 0 bridgehead atoms. The van der Waals surface area contributed by atoms with Crippen LogP contribution in [0, 0.1) is 11.8 Å². The SMILES string of the molecule is CC(=O)NC=C(C)C.CC(C)[C@H](N)C(=O)O.COC(=O)C(NC(C)=O)C(C)C. The summed E-state index contributed by atoms with van der Waals surface area (Å²) in [7, 11) is 1.31. The summed E-state index contributed by atoms with van der Waals surface area (Å²) in [4.78, 5) is 41.9. The van der Waals surface area contributed by atoms with E-state index in [4.69, 9.17) is 10.8 Å². The van der Waals surface area contributed by atoms with E-state index < -0.39 is 24.0 Å². The number of esters is 1. The molecule has 0 saturated carbocycles. The van der Waals surface area contributed by atoms with Crippen LogP contribution in [0.2, 0.25) is 0 Å². The van der Waals surface area contributed by atoms with Crippen molar-refractivity contribution in [1.29, 1.82) is 0 Å². The maximum Gasteiger partial charge on any atom is 0.328 e. The quantitative estimate of drug-likeness (QED) is 0.490. The van der Waals surface area contributed by atoms with Gasteiger partial charge in [0, 0.05) is 20.0 Å². The number of ether oxygens (including phenoxy) is 1. The van der Waals surface area contributed by atoms with E-state index in [9.17, 15) is 19.2 Å². The fraction of sp³-hybridized carbons (Fsp3) is 0.684. The van der Waals surface area contributed by atoms with Crippen LogP contribution in [0.5, 0.6) is 0 Å². The molecule has 0 aromatic rings. The van der Waals surface area contributed by atoms with Gasteiger partial charge >= 0.3 is 11.9 Å². The number of carboxylic acids is 1. The highest BCUT2D eigenvalue weighted by Gasteiger charge is 2.23. The molecule has 0 radical (unpaired) electrons. The molecule has 0 fully saturated rings. The Kier molecular flexibility index (Phi) is 18.1. The van der Waals surface area contributed by atoms with Gasteiger partial charge in [0.15, 0.2) is 0 Å². The molecule has 0 saturated heterocycles. The number of nitrogens with one attached hydrogen (secondary N) is 2. The molecule has 0 aliphatic rings. The molecule has 5 N–H and O–H groups in total. The number of allylic oxidation sites excluding steroid dienone is 1. The zero-order chi connectivity index (χ0) is 23.0. The summed E-state index contributed by atoms with van der Waals surface area (Å²) in [6.45, 7) is 14.0. The van der Waals surface area contributed by atoms with Crippen LogP contribution in [-0.2, 0) is 23.9 Å². The summed E-state index contributed by atoms with van der Waals surface area (Å²) in [5, 5.41) is 13.3. The van der Waals surface area contributed by atoms with Gasteiger partial charge in [-0.2, -0.15) is 0 Å². The van der Waals surface area contributed by atoms with Gasteiger partial charge in [0.05, 0.1) is 7.11 Å². The first kappa shape index (κ1) is 30.3. The Balaban J connectivity index is -0.000000347. The number of carboxylic acid groups (broad SMARTS) is 1. The molecule has 0 aromatic heterocycles. The van der Waals surface area contributed by atoms with Crippen LogP contribution in [0.1, 0.15) is 55.4 Å². The fourth-order valence-corrected chi connectivity index (χ4v) is 1.37. The minimum Gasteiger partial charge on any atom is -0.480 e. The van der Waals surface area contributed by atoms with Crippen LogP contribution in [0.25, 0.3) is 0 Å². The molecule has 28 heavy (non-hydrogen) atoms. The van der Waals surface area contributed by atoms with Crippen molar-refractivity contribution in [1.82, 2.24) is 10.6 Å². The third kappa shape index (κ3) is 19.9. The third-order valence-electron chi connectivity index (χ3n) is 3.05. The Morgan fingerprint density at radius 1 is 0.929 bits per heavy atom. The molecule has 164 valence electrons. The zero-order valence-electron chi connectivity index (χ0n) is 18.5. The molecule has 9 nitrogen and oxygen atoms in total. The zero-order valence-corrected chi connectivity index (χ0v) is 18.5. The first-order valence-corrected chi connectivity index (χ1v) is 8.91. The number of carbonyl (C=O) groups is 4. The molecular formula is C19H37N3O6. The lowest BCUT2D eigenvalue weighted by Crippen LogP contribution is -2.44. The summed E-state index contributed by atoms with van der Waals surface area (Å²) in [5.74, 6) is -1.51. The average molecular weight is 404 g/mol. The predicted molar refractivity (Wildman–Crippen MR) is 108 cm³/mol. The molecule has 0 aromatic carbocycles. The van der Waals surface area contributed by atoms with Gasteiger partial charge in [-0.1, -0.05) is 33.3 Å². The summed E-state index contributed by atoms with van der Waals surface area (Å²) in [6, 6.07) is -1.25. The molecule has 0 rings (SSSR count). The summed E-state index contributed by atoms with van der Waals surface area (Å²) in [6.07, 6.45) is 1.68. The van der Waals surface area contributed by atoms with E-state index >= 15 is 0 Å². The standard InChI is InChI=1S/C8H15NO3.C6H11NO.C5H11NO2/c1-5(2)7(8(11)12-4)9-6(3)10;1-5(2)4-7-6(3)8;1-3(2)4(6)5(7)8/h5,7H,1-4H3,(H,9,10);4H,1-3H3,(H,7,8);3-4H,6H2,1-2H3,(H,7,8)/t;;4-/m..0/s1. The molecule has 2 atom stereocenters. The Hall–Kier alpha value is -2.42. The second-order valence-electron chi connectivity index (χ2n) is 6.98. The third-order valence-corrected chi connectivity index (χ3v) is 3.05. The topological polar surface area (TPSA) is 148 Å². The van der Waals surface area contributed by atoms with Crippen molar-refractivity contribution in [3.05, 3.63) is 11.8 Å². The Morgan fingerprint density at radius 2 is 1.39 bits per heavy atom. The van der Waals surface area contributed by atoms with E-state index in [1.807, 2.05) is 27.7 Å². The van der Waals surface area contributed by atoms with Crippen molar-refractivity contribution in [2.24, 2.45) is 17.6 Å². The van der Waals surface area contributed by atoms with E-state index in [2.05, 4.69) is 15.4 Å². The van der Waals surface area contributed by atoms with Gasteiger partial charge < -0.3 is 26.2 Å². The largest absolute Gasteiger partial charge is 0.480 e. The van der Waals surface area contributed by atoms with Gasteiger partial charge in [0.25, 0.3) is 0 Å². The van der Waals surface area contributed by atoms with E-state index in [1.54, 1.807) is 20.0 Å². The first-order chi connectivity index (χ1) is 12.7. The highest BCUT2D eigenvalue weighted by Crippen LogP contribution is 2.02. The normalized spacial score (nSPS) is 11.6. The second-order valence-corrected chi connectivity index (χ2v) is 6.98. The molecule has 2 amide bonds. The van der Waals surface area contributed by atoms with Crippen molar-refractivity contribution >= 4 is 23.8 Å². The van der Waals surface area contributed by atoms with Gasteiger partial charge in [-0.15, -0.1) is 0 Å². The fourth-order valence-electron chi connectivity index (χ4n) is 1.37. The van der Waals surface area contributed by atoms with Crippen molar-refractivity contribution in [3.63, 3.8) is 0 Å². The van der Waals surface area contributed by atoms with Crippen LogP contribution in [-0.4, -0.2) is 48.1 Å². The number of carbonyl (C=O) groups excluding carboxylic acids is 3. The van der Waals surface area contributed by atoms with Crippen LogP contribution >= 0.6 is 0 Å². The summed E-state index contributed by atoms with van der Waals surface area (Å²) < 4.78 is 4.52. The molecule has 1 unspecified atom stereocenters. The van der Waals surface area contributed by atoms with Gasteiger partial charge in [0.1, 0.15) is 12.1 Å². The average Bonchev–Trinajstić information content (AvgIpc) is 2.56. The van der Waals surface area contributed by atoms with Gasteiger partial charge in [0.2, 0.25) is 11.8 Å². The van der Waals surface area contributed by atoms with E-state index in [1.165, 1.54) is 21.0 Å². The minimum absolute atomic E-state index is 0.0208.